The van der Waals surface area contributed by atoms with Crippen molar-refractivity contribution < 1.29 is 9.53 Å². The van der Waals surface area contributed by atoms with E-state index in [2.05, 4.69) is 5.10 Å². The number of esters is 1. The van der Waals surface area contributed by atoms with Crippen molar-refractivity contribution >= 4 is 28.3 Å². The van der Waals surface area contributed by atoms with Crippen LogP contribution in [0.4, 0.5) is 0 Å². The lowest BCUT2D eigenvalue weighted by atomic mass is 10.1. The molecule has 5 nitrogen and oxygen atoms in total. The van der Waals surface area contributed by atoms with E-state index >= 15 is 0 Å². The van der Waals surface area contributed by atoms with Crippen LogP contribution in [0.2, 0.25) is 5.15 Å². The number of carbonyl (C=O) groups is 1. The molecule has 0 aliphatic rings. The number of benzene rings is 1. The smallest absolute Gasteiger partial charge is 0.338 e. The van der Waals surface area contributed by atoms with Gasteiger partial charge >= 0.3 is 5.97 Å². The topological polar surface area (TPSA) is 61.2 Å². The van der Waals surface area contributed by atoms with Gasteiger partial charge in [-0.25, -0.2) is 9.48 Å². The summed E-state index contributed by atoms with van der Waals surface area (Å²) in [5.74, 6) is -0.444. The molecule has 0 N–H and O–H groups in total. The third-order valence-electron chi connectivity index (χ3n) is 2.73. The number of fused-ring (bicyclic) bond motifs is 1. The number of nitrogens with zero attached hydrogens (tertiary/aromatic N) is 2. The summed E-state index contributed by atoms with van der Waals surface area (Å²) >= 11 is 6.04. The molecule has 1 aromatic heterocycles. The predicted molar refractivity (Wildman–Crippen MR) is 72.6 cm³/mol. The highest BCUT2D eigenvalue weighted by Gasteiger charge is 2.12. The summed E-state index contributed by atoms with van der Waals surface area (Å²) in [4.78, 5) is 23.7. The molecule has 0 fully saturated rings. The fourth-order valence-electron chi connectivity index (χ4n) is 1.80. The highest BCUT2D eigenvalue weighted by atomic mass is 35.5. The molecule has 0 saturated carbocycles. The Morgan fingerprint density at radius 3 is 2.74 bits per heavy atom. The highest BCUT2D eigenvalue weighted by molar-refractivity contribution is 6.34. The first-order valence-corrected chi connectivity index (χ1v) is 6.33. The van der Waals surface area contributed by atoms with Crippen molar-refractivity contribution in [3.63, 3.8) is 0 Å². The molecule has 0 aliphatic heterocycles. The fourth-order valence-corrected chi connectivity index (χ4v) is 2.05. The average molecular weight is 281 g/mol. The maximum absolute atomic E-state index is 12.0. The van der Waals surface area contributed by atoms with Gasteiger partial charge in [0.15, 0.2) is 5.15 Å². The second-order valence-corrected chi connectivity index (χ2v) is 4.25. The Morgan fingerprint density at radius 2 is 2.11 bits per heavy atom. The Hall–Kier alpha value is -1.88. The van der Waals surface area contributed by atoms with Crippen LogP contribution >= 0.6 is 11.6 Å². The Bertz CT molecular complexity index is 694. The first-order valence-electron chi connectivity index (χ1n) is 5.96. The summed E-state index contributed by atoms with van der Waals surface area (Å²) in [6, 6.07) is 4.66. The monoisotopic (exact) mass is 280 g/mol. The molecule has 1 heterocycles. The van der Waals surface area contributed by atoms with Crippen LogP contribution in [0.1, 0.15) is 24.2 Å². The lowest BCUT2D eigenvalue weighted by Crippen LogP contribution is -2.22. The van der Waals surface area contributed by atoms with Gasteiger partial charge in [-0.3, -0.25) is 4.79 Å². The second kappa shape index (κ2) is 5.40. The number of aryl methyl sites for hydroxylation is 1. The summed E-state index contributed by atoms with van der Waals surface area (Å²) in [7, 11) is 0. The summed E-state index contributed by atoms with van der Waals surface area (Å²) in [5, 5.41) is 5.08. The summed E-state index contributed by atoms with van der Waals surface area (Å²) in [5.41, 5.74) is 0.129. The largest absolute Gasteiger partial charge is 0.462 e. The molecule has 6 heteroatoms. The minimum absolute atomic E-state index is 0.197. The van der Waals surface area contributed by atoms with Gasteiger partial charge in [0.25, 0.3) is 5.56 Å². The van der Waals surface area contributed by atoms with Gasteiger partial charge in [0.05, 0.1) is 17.6 Å². The summed E-state index contributed by atoms with van der Waals surface area (Å²) in [6.07, 6.45) is 0. The Labute approximate surface area is 114 Å². The standard InChI is InChI=1S/C13H13ClN2O3/c1-3-16-12(17)9-6-5-8(13(18)19-4-2)7-10(9)11(14)15-16/h5-7H,3-4H2,1-2H3. The van der Waals surface area contributed by atoms with Crippen molar-refractivity contribution in [3.05, 3.63) is 39.3 Å². The molecule has 0 amide bonds. The minimum atomic E-state index is -0.444. The zero-order valence-corrected chi connectivity index (χ0v) is 11.4. The molecule has 0 radical (unpaired) electrons. The van der Waals surface area contributed by atoms with Gasteiger partial charge in [-0.15, -0.1) is 0 Å². The minimum Gasteiger partial charge on any atom is -0.462 e. The van der Waals surface area contributed by atoms with Crippen molar-refractivity contribution in [1.82, 2.24) is 9.78 Å². The van der Waals surface area contributed by atoms with E-state index < -0.39 is 5.97 Å². The molecule has 2 rings (SSSR count). The van der Waals surface area contributed by atoms with Gasteiger partial charge < -0.3 is 4.74 Å². The fraction of sp³-hybridized carbons (Fsp3) is 0.308. The molecule has 0 bridgehead atoms. The van der Waals surface area contributed by atoms with Crippen molar-refractivity contribution in [2.24, 2.45) is 0 Å². The number of hydrogen-bond acceptors (Lipinski definition) is 4. The Morgan fingerprint density at radius 1 is 1.37 bits per heavy atom. The number of rotatable bonds is 3. The summed E-state index contributed by atoms with van der Waals surface area (Å²) in [6.45, 7) is 4.27. The van der Waals surface area contributed by atoms with E-state index in [9.17, 15) is 9.59 Å². The van der Waals surface area contributed by atoms with E-state index in [4.69, 9.17) is 16.3 Å². The van der Waals surface area contributed by atoms with Crippen LogP contribution in [0.15, 0.2) is 23.0 Å². The predicted octanol–water partition coefficient (Wildman–Crippen LogP) is 2.25. The maximum Gasteiger partial charge on any atom is 0.338 e. The van der Waals surface area contributed by atoms with E-state index in [1.54, 1.807) is 19.1 Å². The lowest BCUT2D eigenvalue weighted by Gasteiger charge is -2.07. The number of ether oxygens (including phenoxy) is 1. The first-order chi connectivity index (χ1) is 9.08. The van der Waals surface area contributed by atoms with Crippen LogP contribution in [0.5, 0.6) is 0 Å². The van der Waals surface area contributed by atoms with Gasteiger partial charge in [-0.2, -0.15) is 5.10 Å². The van der Waals surface area contributed by atoms with Crippen LogP contribution in [0.3, 0.4) is 0 Å². The van der Waals surface area contributed by atoms with Crippen LogP contribution < -0.4 is 5.56 Å². The number of halogens is 1. The summed E-state index contributed by atoms with van der Waals surface area (Å²) < 4.78 is 6.19. The van der Waals surface area contributed by atoms with E-state index in [1.165, 1.54) is 10.7 Å². The second-order valence-electron chi connectivity index (χ2n) is 3.89. The van der Waals surface area contributed by atoms with Crippen molar-refractivity contribution in [1.29, 1.82) is 0 Å². The quantitative estimate of drug-likeness (QED) is 0.809. The van der Waals surface area contributed by atoms with Gasteiger partial charge in [-0.05, 0) is 32.0 Å². The van der Waals surface area contributed by atoms with Gasteiger partial charge in [-0.1, -0.05) is 11.6 Å². The number of hydrogen-bond donors (Lipinski definition) is 0. The maximum atomic E-state index is 12.0. The highest BCUT2D eigenvalue weighted by Crippen LogP contribution is 2.20. The van der Waals surface area contributed by atoms with E-state index in [-0.39, 0.29) is 10.7 Å². The van der Waals surface area contributed by atoms with E-state index in [0.717, 1.165) is 0 Å². The molecule has 0 saturated heterocycles. The SMILES string of the molecule is CCOC(=O)c1ccc2c(=O)n(CC)nc(Cl)c2c1. The molecule has 1 aromatic carbocycles. The normalized spacial score (nSPS) is 10.7. The molecule has 0 spiro atoms. The average Bonchev–Trinajstić information content (AvgIpc) is 2.42. The zero-order valence-electron chi connectivity index (χ0n) is 10.6. The number of aromatic nitrogens is 2. The third kappa shape index (κ3) is 2.46. The molecule has 0 atom stereocenters. The molecule has 2 aromatic rings. The van der Waals surface area contributed by atoms with Crippen LogP contribution in [0.25, 0.3) is 10.8 Å². The zero-order chi connectivity index (χ0) is 14.0. The van der Waals surface area contributed by atoms with Crippen molar-refractivity contribution in [2.75, 3.05) is 6.61 Å². The molecule has 100 valence electrons. The molecular weight excluding hydrogens is 268 g/mol. The molecule has 0 unspecified atom stereocenters. The van der Waals surface area contributed by atoms with Crippen LogP contribution in [-0.2, 0) is 11.3 Å². The van der Waals surface area contributed by atoms with Crippen LogP contribution in [-0.4, -0.2) is 22.4 Å². The third-order valence-corrected chi connectivity index (χ3v) is 3.01. The molecule has 19 heavy (non-hydrogen) atoms. The van der Waals surface area contributed by atoms with Crippen LogP contribution in [0, 0.1) is 0 Å². The van der Waals surface area contributed by atoms with Gasteiger partial charge in [0, 0.05) is 11.9 Å². The Kier molecular flexibility index (Phi) is 3.85. The van der Waals surface area contributed by atoms with Crippen molar-refractivity contribution in [3.8, 4) is 0 Å². The number of carbonyl (C=O) groups excluding carboxylic acids is 1. The van der Waals surface area contributed by atoms with E-state index in [1.807, 2.05) is 6.92 Å². The van der Waals surface area contributed by atoms with Gasteiger partial charge in [0.2, 0.25) is 0 Å². The lowest BCUT2D eigenvalue weighted by molar-refractivity contribution is 0.0526. The van der Waals surface area contributed by atoms with Gasteiger partial charge in [0.1, 0.15) is 0 Å². The molecule has 0 aliphatic carbocycles. The Balaban J connectivity index is 2.65. The van der Waals surface area contributed by atoms with E-state index in [0.29, 0.717) is 29.5 Å². The first kappa shape index (κ1) is 13.5. The molecular formula is C13H13ClN2O3. The van der Waals surface area contributed by atoms with Crippen molar-refractivity contribution in [2.45, 2.75) is 20.4 Å².